The Bertz CT molecular complexity index is 1260. The van der Waals surface area contributed by atoms with Gasteiger partial charge in [-0.1, -0.05) is 54.6 Å². The van der Waals surface area contributed by atoms with Gasteiger partial charge in [0.15, 0.2) is 5.78 Å². The fourth-order valence-corrected chi connectivity index (χ4v) is 3.00. The minimum atomic E-state index is -0.653. The molecule has 0 atom stereocenters. The maximum atomic E-state index is 12.8. The Hall–Kier alpha value is -4.06. The number of rotatable bonds is 5. The molecule has 29 heavy (non-hydrogen) atoms. The maximum Gasteiger partial charge on any atom is 0.339 e. The number of nitrogens with zero attached hydrogens (tertiary/aromatic N) is 2. The molecule has 2 aromatic carbocycles. The van der Waals surface area contributed by atoms with Crippen molar-refractivity contribution in [1.29, 1.82) is 0 Å². The first-order valence-electron chi connectivity index (χ1n) is 8.97. The fraction of sp³-hybridized carbons (Fsp3) is 0.0435. The van der Waals surface area contributed by atoms with Crippen LogP contribution in [0.25, 0.3) is 5.65 Å². The molecule has 0 aliphatic carbocycles. The molecule has 0 unspecified atom stereocenters. The van der Waals surface area contributed by atoms with Crippen LogP contribution in [-0.2, 0) is 11.3 Å². The molecule has 4 aromatic rings. The van der Waals surface area contributed by atoms with Gasteiger partial charge in [-0.2, -0.15) is 0 Å². The number of carbonyl (C=O) groups excluding carboxylic acids is 2. The molecule has 0 aliphatic heterocycles. The van der Waals surface area contributed by atoms with Gasteiger partial charge < -0.3 is 4.74 Å². The third kappa shape index (κ3) is 3.82. The Morgan fingerprint density at radius 2 is 1.55 bits per heavy atom. The highest BCUT2D eigenvalue weighted by atomic mass is 16.5. The van der Waals surface area contributed by atoms with Crippen LogP contribution in [-0.4, -0.2) is 21.1 Å². The van der Waals surface area contributed by atoms with Crippen LogP contribution in [0, 0.1) is 0 Å². The van der Waals surface area contributed by atoms with Crippen LogP contribution in [0.2, 0.25) is 0 Å². The van der Waals surface area contributed by atoms with Gasteiger partial charge in [-0.15, -0.1) is 0 Å². The Balaban J connectivity index is 1.57. The Labute approximate surface area is 166 Å². The second-order valence-electron chi connectivity index (χ2n) is 6.33. The van der Waals surface area contributed by atoms with Crippen LogP contribution >= 0.6 is 0 Å². The first kappa shape index (κ1) is 18.3. The molecule has 2 heterocycles. The van der Waals surface area contributed by atoms with Gasteiger partial charge in [0.2, 0.25) is 0 Å². The van der Waals surface area contributed by atoms with Gasteiger partial charge in [-0.25, -0.2) is 9.78 Å². The largest absolute Gasteiger partial charge is 0.456 e. The Kier molecular flexibility index (Phi) is 4.99. The molecule has 0 saturated carbocycles. The summed E-state index contributed by atoms with van der Waals surface area (Å²) in [7, 11) is 0. The zero-order chi connectivity index (χ0) is 20.2. The lowest BCUT2D eigenvalue weighted by molar-refractivity contribution is 0.0465. The second kappa shape index (κ2) is 7.90. The van der Waals surface area contributed by atoms with Gasteiger partial charge in [0.25, 0.3) is 5.56 Å². The van der Waals surface area contributed by atoms with E-state index in [0.29, 0.717) is 16.9 Å². The highest BCUT2D eigenvalue weighted by Gasteiger charge is 2.19. The summed E-state index contributed by atoms with van der Waals surface area (Å²) >= 11 is 0. The standard InChI is InChI=1S/C23H16N2O4/c26-21-14-17(24-20-12-6-7-13-25(20)21)15-29-23(28)19-11-5-4-10-18(19)22(27)16-8-2-1-3-9-16/h1-14H,15H2. The number of benzene rings is 2. The predicted octanol–water partition coefficient (Wildman–Crippen LogP) is 3.28. The first-order valence-corrected chi connectivity index (χ1v) is 8.97. The van der Waals surface area contributed by atoms with E-state index >= 15 is 0 Å². The van der Waals surface area contributed by atoms with Crippen molar-refractivity contribution >= 4 is 17.4 Å². The number of carbonyl (C=O) groups is 2. The van der Waals surface area contributed by atoms with Gasteiger partial charge in [0.05, 0.1) is 11.3 Å². The summed E-state index contributed by atoms with van der Waals surface area (Å²) in [5.74, 6) is -0.917. The summed E-state index contributed by atoms with van der Waals surface area (Å²) < 4.78 is 6.74. The molecule has 142 valence electrons. The van der Waals surface area contributed by atoms with E-state index in [0.717, 1.165) is 0 Å². The SMILES string of the molecule is O=C(OCc1cc(=O)n2ccccc2n1)c1ccccc1C(=O)c1ccccc1. The molecule has 2 aromatic heterocycles. The summed E-state index contributed by atoms with van der Waals surface area (Å²) in [6, 6.07) is 21.7. The Morgan fingerprint density at radius 3 is 2.34 bits per heavy atom. The summed E-state index contributed by atoms with van der Waals surface area (Å²) in [6.07, 6.45) is 1.62. The van der Waals surface area contributed by atoms with Gasteiger partial charge in [0.1, 0.15) is 12.3 Å². The molecule has 0 N–H and O–H groups in total. The summed E-state index contributed by atoms with van der Waals surface area (Å²) in [5.41, 5.74) is 1.44. The number of pyridine rings is 1. The average Bonchev–Trinajstić information content (AvgIpc) is 2.77. The number of hydrogen-bond donors (Lipinski definition) is 0. The molecule has 6 nitrogen and oxygen atoms in total. The van der Waals surface area contributed by atoms with Crippen molar-refractivity contribution in [2.45, 2.75) is 6.61 Å². The summed E-state index contributed by atoms with van der Waals surface area (Å²) in [6.45, 7) is -0.173. The van der Waals surface area contributed by atoms with E-state index in [-0.39, 0.29) is 29.1 Å². The van der Waals surface area contributed by atoms with Crippen molar-refractivity contribution in [3.63, 3.8) is 0 Å². The highest BCUT2D eigenvalue weighted by molar-refractivity contribution is 6.14. The smallest absolute Gasteiger partial charge is 0.339 e. The molecule has 0 amide bonds. The number of aromatic nitrogens is 2. The summed E-state index contributed by atoms with van der Waals surface area (Å²) in [4.78, 5) is 41.9. The molecule has 0 spiro atoms. The molecular weight excluding hydrogens is 368 g/mol. The van der Waals surface area contributed by atoms with Crippen molar-refractivity contribution in [2.75, 3.05) is 0 Å². The van der Waals surface area contributed by atoms with Crippen LogP contribution in [0.5, 0.6) is 0 Å². The van der Waals surface area contributed by atoms with Crippen LogP contribution in [0.4, 0.5) is 0 Å². The van der Waals surface area contributed by atoms with Crippen molar-refractivity contribution in [2.24, 2.45) is 0 Å². The number of ether oxygens (including phenoxy) is 1. The van der Waals surface area contributed by atoms with Crippen molar-refractivity contribution in [1.82, 2.24) is 9.38 Å². The molecule has 0 aliphatic rings. The Morgan fingerprint density at radius 1 is 0.862 bits per heavy atom. The van der Waals surface area contributed by atoms with E-state index in [9.17, 15) is 14.4 Å². The number of ketones is 1. The summed E-state index contributed by atoms with van der Waals surface area (Å²) in [5, 5.41) is 0. The molecule has 6 heteroatoms. The second-order valence-corrected chi connectivity index (χ2v) is 6.33. The third-order valence-electron chi connectivity index (χ3n) is 4.40. The first-order chi connectivity index (χ1) is 14.1. The number of esters is 1. The normalized spacial score (nSPS) is 10.6. The van der Waals surface area contributed by atoms with Crippen molar-refractivity contribution in [3.05, 3.63) is 118 Å². The van der Waals surface area contributed by atoms with Crippen LogP contribution in [0.1, 0.15) is 32.0 Å². The average molecular weight is 384 g/mol. The van der Waals surface area contributed by atoms with E-state index in [1.807, 2.05) is 6.07 Å². The topological polar surface area (TPSA) is 77.7 Å². The number of hydrogen-bond acceptors (Lipinski definition) is 5. The molecule has 0 saturated heterocycles. The minimum Gasteiger partial charge on any atom is -0.456 e. The van der Waals surface area contributed by atoms with E-state index < -0.39 is 5.97 Å². The maximum absolute atomic E-state index is 12.8. The monoisotopic (exact) mass is 384 g/mol. The van der Waals surface area contributed by atoms with Gasteiger partial charge in [0, 0.05) is 23.4 Å². The fourth-order valence-electron chi connectivity index (χ4n) is 3.00. The quantitative estimate of drug-likeness (QED) is 0.390. The van der Waals surface area contributed by atoms with Crippen molar-refractivity contribution < 1.29 is 14.3 Å². The van der Waals surface area contributed by atoms with Crippen LogP contribution in [0.15, 0.2) is 89.9 Å². The van der Waals surface area contributed by atoms with Gasteiger partial charge in [-0.3, -0.25) is 14.0 Å². The third-order valence-corrected chi connectivity index (χ3v) is 4.40. The zero-order valence-corrected chi connectivity index (χ0v) is 15.3. The molecule has 4 rings (SSSR count). The van der Waals surface area contributed by atoms with Gasteiger partial charge in [-0.05, 0) is 18.2 Å². The zero-order valence-electron chi connectivity index (χ0n) is 15.3. The van der Waals surface area contributed by atoms with E-state index in [1.54, 1.807) is 72.9 Å². The molecule has 0 radical (unpaired) electrons. The van der Waals surface area contributed by atoms with Gasteiger partial charge >= 0.3 is 5.97 Å². The highest BCUT2D eigenvalue weighted by Crippen LogP contribution is 2.16. The lowest BCUT2D eigenvalue weighted by Crippen LogP contribution is -2.17. The van der Waals surface area contributed by atoms with E-state index in [4.69, 9.17) is 4.74 Å². The van der Waals surface area contributed by atoms with E-state index in [2.05, 4.69) is 4.98 Å². The van der Waals surface area contributed by atoms with E-state index in [1.165, 1.54) is 10.5 Å². The molecular formula is C23H16N2O4. The molecule has 0 fully saturated rings. The predicted molar refractivity (Wildman–Crippen MR) is 107 cm³/mol. The lowest BCUT2D eigenvalue weighted by Gasteiger charge is -2.09. The molecule has 0 bridgehead atoms. The van der Waals surface area contributed by atoms with Crippen LogP contribution in [0.3, 0.4) is 0 Å². The number of fused-ring (bicyclic) bond motifs is 1. The van der Waals surface area contributed by atoms with Crippen molar-refractivity contribution in [3.8, 4) is 0 Å². The van der Waals surface area contributed by atoms with Crippen LogP contribution < -0.4 is 5.56 Å². The lowest BCUT2D eigenvalue weighted by atomic mass is 9.98. The minimum absolute atomic E-state index is 0.166.